The lowest BCUT2D eigenvalue weighted by atomic mass is 10.1. The SMILES string of the molecule is NC(=O)CCCCCCCCCC(C(=O)O)S(=O)(=O)O. The van der Waals surface area contributed by atoms with Crippen molar-refractivity contribution in [3.63, 3.8) is 0 Å². The van der Waals surface area contributed by atoms with Crippen LogP contribution in [0.1, 0.15) is 57.8 Å². The van der Waals surface area contributed by atoms with Crippen molar-refractivity contribution in [3.8, 4) is 0 Å². The van der Waals surface area contributed by atoms with E-state index in [4.69, 9.17) is 15.4 Å². The highest BCUT2D eigenvalue weighted by Gasteiger charge is 2.29. The van der Waals surface area contributed by atoms with Crippen LogP contribution in [0.3, 0.4) is 0 Å². The molecule has 0 aliphatic heterocycles. The second-order valence-corrected chi connectivity index (χ2v) is 6.42. The van der Waals surface area contributed by atoms with Gasteiger partial charge in [-0.2, -0.15) is 8.42 Å². The van der Waals surface area contributed by atoms with Gasteiger partial charge in [0, 0.05) is 6.42 Å². The van der Waals surface area contributed by atoms with Crippen LogP contribution in [0.15, 0.2) is 0 Å². The fourth-order valence-electron chi connectivity index (χ4n) is 1.91. The van der Waals surface area contributed by atoms with E-state index >= 15 is 0 Å². The summed E-state index contributed by atoms with van der Waals surface area (Å²) >= 11 is 0. The molecule has 0 heterocycles. The van der Waals surface area contributed by atoms with Crippen molar-refractivity contribution < 1.29 is 27.7 Å². The fraction of sp³-hybridized carbons (Fsp3) is 0.833. The van der Waals surface area contributed by atoms with Crippen LogP contribution in [-0.4, -0.2) is 35.2 Å². The topological polar surface area (TPSA) is 135 Å². The number of aliphatic carboxylic acids is 1. The molecule has 0 bridgehead atoms. The fourth-order valence-corrected chi connectivity index (χ4v) is 2.63. The molecule has 7 nitrogen and oxygen atoms in total. The zero-order chi connectivity index (χ0) is 15.6. The van der Waals surface area contributed by atoms with Crippen molar-refractivity contribution in [2.45, 2.75) is 63.0 Å². The van der Waals surface area contributed by atoms with Crippen molar-refractivity contribution in [2.24, 2.45) is 5.73 Å². The third-order valence-corrected chi connectivity index (χ3v) is 4.18. The summed E-state index contributed by atoms with van der Waals surface area (Å²) in [5, 5.41) is 6.95. The van der Waals surface area contributed by atoms with Crippen LogP contribution >= 0.6 is 0 Å². The second-order valence-electron chi connectivity index (χ2n) is 4.82. The summed E-state index contributed by atoms with van der Waals surface area (Å²) in [6.45, 7) is 0. The van der Waals surface area contributed by atoms with E-state index in [2.05, 4.69) is 0 Å². The van der Waals surface area contributed by atoms with Crippen LogP contribution in [0.25, 0.3) is 0 Å². The number of carbonyl (C=O) groups is 2. The highest BCUT2D eigenvalue weighted by atomic mass is 32.2. The molecule has 4 N–H and O–H groups in total. The van der Waals surface area contributed by atoms with Crippen molar-refractivity contribution in [1.29, 1.82) is 0 Å². The smallest absolute Gasteiger partial charge is 0.324 e. The molecule has 0 spiro atoms. The Morgan fingerprint density at radius 1 is 0.950 bits per heavy atom. The second kappa shape index (κ2) is 9.71. The first-order valence-corrected chi connectivity index (χ1v) is 8.23. The third kappa shape index (κ3) is 9.74. The van der Waals surface area contributed by atoms with Crippen molar-refractivity contribution >= 4 is 22.0 Å². The predicted octanol–water partition coefficient (Wildman–Crippen LogP) is 1.32. The van der Waals surface area contributed by atoms with Gasteiger partial charge in [0.2, 0.25) is 5.91 Å². The molecule has 1 amide bonds. The van der Waals surface area contributed by atoms with Gasteiger partial charge in [-0.15, -0.1) is 0 Å². The van der Waals surface area contributed by atoms with E-state index in [0.717, 1.165) is 38.5 Å². The molecule has 0 aromatic rings. The standard InChI is InChI=1S/C12H23NO6S/c13-11(14)9-7-5-3-1-2-4-6-8-10(12(15)16)20(17,18)19/h10H,1-9H2,(H2,13,14)(H,15,16)(H,17,18,19). The average Bonchev–Trinajstić information content (AvgIpc) is 2.28. The molecule has 1 unspecified atom stereocenters. The van der Waals surface area contributed by atoms with Crippen molar-refractivity contribution in [2.75, 3.05) is 0 Å². The molecular formula is C12H23NO6S. The molecule has 0 aromatic heterocycles. The van der Waals surface area contributed by atoms with Gasteiger partial charge >= 0.3 is 5.97 Å². The quantitative estimate of drug-likeness (QED) is 0.367. The summed E-state index contributed by atoms with van der Waals surface area (Å²) < 4.78 is 30.4. The van der Waals surface area contributed by atoms with Gasteiger partial charge in [0.15, 0.2) is 5.25 Å². The Balaban J connectivity index is 3.61. The lowest BCUT2D eigenvalue weighted by Gasteiger charge is -2.08. The number of nitrogens with two attached hydrogens (primary N) is 1. The van der Waals surface area contributed by atoms with Gasteiger partial charge in [-0.25, -0.2) is 0 Å². The summed E-state index contributed by atoms with van der Waals surface area (Å²) in [4.78, 5) is 21.1. The van der Waals surface area contributed by atoms with E-state index in [9.17, 15) is 18.0 Å². The van der Waals surface area contributed by atoms with Crippen LogP contribution in [0.4, 0.5) is 0 Å². The number of unbranched alkanes of at least 4 members (excludes halogenated alkanes) is 6. The Labute approximate surface area is 119 Å². The van der Waals surface area contributed by atoms with Gasteiger partial charge < -0.3 is 10.8 Å². The van der Waals surface area contributed by atoms with Crippen LogP contribution < -0.4 is 5.73 Å². The zero-order valence-electron chi connectivity index (χ0n) is 11.5. The maximum atomic E-state index is 10.8. The normalized spacial score (nSPS) is 13.1. The van der Waals surface area contributed by atoms with Gasteiger partial charge in [-0.3, -0.25) is 14.1 Å². The molecule has 0 aromatic carbocycles. The highest BCUT2D eigenvalue weighted by Crippen LogP contribution is 2.13. The largest absolute Gasteiger partial charge is 0.480 e. The van der Waals surface area contributed by atoms with E-state index in [1.807, 2.05) is 0 Å². The Kier molecular flexibility index (Phi) is 9.15. The Bertz CT molecular complexity index is 406. The first-order valence-electron chi connectivity index (χ1n) is 6.72. The van der Waals surface area contributed by atoms with Crippen LogP contribution in [0.2, 0.25) is 0 Å². The molecule has 0 aliphatic rings. The molecule has 20 heavy (non-hydrogen) atoms. The first-order chi connectivity index (χ1) is 9.25. The van der Waals surface area contributed by atoms with Gasteiger partial charge in [0.05, 0.1) is 0 Å². The Hall–Kier alpha value is -1.15. The molecule has 0 fully saturated rings. The number of hydrogen-bond acceptors (Lipinski definition) is 4. The lowest BCUT2D eigenvalue weighted by molar-refractivity contribution is -0.136. The van der Waals surface area contributed by atoms with Gasteiger partial charge in [0.1, 0.15) is 0 Å². The number of amides is 1. The summed E-state index contributed by atoms with van der Waals surface area (Å²) in [5.41, 5.74) is 5.00. The average molecular weight is 309 g/mol. The van der Waals surface area contributed by atoms with Crippen molar-refractivity contribution in [3.05, 3.63) is 0 Å². The van der Waals surface area contributed by atoms with Crippen molar-refractivity contribution in [1.82, 2.24) is 0 Å². The summed E-state index contributed by atoms with van der Waals surface area (Å²) in [6.07, 6.45) is 5.97. The maximum Gasteiger partial charge on any atom is 0.324 e. The predicted molar refractivity (Wildman–Crippen MR) is 73.7 cm³/mol. The van der Waals surface area contributed by atoms with Crippen LogP contribution in [0.5, 0.6) is 0 Å². The van der Waals surface area contributed by atoms with Crippen LogP contribution in [-0.2, 0) is 19.7 Å². The molecule has 0 aliphatic carbocycles. The van der Waals surface area contributed by atoms with E-state index in [-0.39, 0.29) is 12.3 Å². The Morgan fingerprint density at radius 3 is 1.80 bits per heavy atom. The molecule has 0 saturated carbocycles. The molecule has 0 radical (unpaired) electrons. The van der Waals surface area contributed by atoms with Gasteiger partial charge in [-0.05, 0) is 12.8 Å². The van der Waals surface area contributed by atoms with Gasteiger partial charge in [-0.1, -0.05) is 38.5 Å². The minimum absolute atomic E-state index is 0.0736. The van der Waals surface area contributed by atoms with E-state index in [1.54, 1.807) is 0 Å². The minimum Gasteiger partial charge on any atom is -0.480 e. The number of primary amides is 1. The summed E-state index contributed by atoms with van der Waals surface area (Å²) in [5.74, 6) is -1.81. The van der Waals surface area contributed by atoms with Crippen LogP contribution in [0, 0.1) is 0 Å². The molecule has 8 heteroatoms. The highest BCUT2D eigenvalue weighted by molar-refractivity contribution is 7.87. The number of rotatable bonds is 12. The Morgan fingerprint density at radius 2 is 1.40 bits per heavy atom. The van der Waals surface area contributed by atoms with E-state index in [0.29, 0.717) is 12.8 Å². The maximum absolute atomic E-state index is 10.8. The summed E-state index contributed by atoms with van der Waals surface area (Å²) in [7, 11) is -4.52. The molecule has 1 atom stereocenters. The molecular weight excluding hydrogens is 286 g/mol. The summed E-state index contributed by atoms with van der Waals surface area (Å²) in [6, 6.07) is 0. The number of carboxylic acid groups (broad SMARTS) is 1. The van der Waals surface area contributed by atoms with E-state index < -0.39 is 21.3 Å². The van der Waals surface area contributed by atoms with E-state index in [1.165, 1.54) is 0 Å². The molecule has 118 valence electrons. The number of hydrogen-bond donors (Lipinski definition) is 3. The first kappa shape index (κ1) is 18.9. The monoisotopic (exact) mass is 309 g/mol. The molecule has 0 rings (SSSR count). The molecule has 0 saturated heterocycles. The minimum atomic E-state index is -4.52. The van der Waals surface area contributed by atoms with Gasteiger partial charge in [0.25, 0.3) is 10.1 Å². The number of carbonyl (C=O) groups excluding carboxylic acids is 1. The third-order valence-electron chi connectivity index (χ3n) is 3.02. The zero-order valence-corrected chi connectivity index (χ0v) is 12.3. The number of carboxylic acids is 1. The lowest BCUT2D eigenvalue weighted by Crippen LogP contribution is -2.29.